The summed E-state index contributed by atoms with van der Waals surface area (Å²) in [7, 11) is 3.86. The fraction of sp³-hybridized carbons (Fsp3) is 0.941. The average molecular weight is 458 g/mol. The minimum atomic E-state index is 0. The first-order valence-electron chi connectivity index (χ1n) is 8.87. The number of guanidine groups is 1. The number of halogens is 1. The van der Waals surface area contributed by atoms with Crippen LogP contribution in [0.4, 0.5) is 0 Å². The topological polar surface area (TPSA) is 58.1 Å². The zero-order valence-corrected chi connectivity index (χ0v) is 18.6. The summed E-state index contributed by atoms with van der Waals surface area (Å²) in [4.78, 5) is 6.87. The van der Waals surface area contributed by atoms with Crippen molar-refractivity contribution in [3.05, 3.63) is 0 Å². The molecule has 0 unspecified atom stereocenters. The van der Waals surface area contributed by atoms with Crippen molar-refractivity contribution in [2.75, 3.05) is 66.7 Å². The highest BCUT2D eigenvalue weighted by Crippen LogP contribution is 1.98. The Morgan fingerprint density at radius 1 is 1.12 bits per heavy atom. The molecular weight excluding hydrogens is 419 g/mol. The highest BCUT2D eigenvalue weighted by Gasteiger charge is 2.00. The molecular formula is C17H39IN4O2. The number of nitrogens with one attached hydrogen (secondary N) is 2. The zero-order chi connectivity index (χ0) is 17.3. The highest BCUT2D eigenvalue weighted by atomic mass is 127. The molecule has 0 spiro atoms. The fourth-order valence-electron chi connectivity index (χ4n) is 1.93. The van der Waals surface area contributed by atoms with Gasteiger partial charge in [-0.3, -0.25) is 4.99 Å². The molecule has 0 heterocycles. The first-order valence-corrected chi connectivity index (χ1v) is 8.87. The van der Waals surface area contributed by atoms with Crippen LogP contribution in [0.15, 0.2) is 4.99 Å². The Morgan fingerprint density at radius 3 is 2.50 bits per heavy atom. The van der Waals surface area contributed by atoms with Crippen molar-refractivity contribution >= 4 is 29.9 Å². The van der Waals surface area contributed by atoms with Crippen LogP contribution in [-0.2, 0) is 9.47 Å². The minimum Gasteiger partial charge on any atom is -0.385 e. The van der Waals surface area contributed by atoms with E-state index in [4.69, 9.17) is 9.47 Å². The summed E-state index contributed by atoms with van der Waals surface area (Å²) in [5.41, 5.74) is 0. The van der Waals surface area contributed by atoms with Gasteiger partial charge in [0.15, 0.2) is 5.96 Å². The number of nitrogens with zero attached hydrogens (tertiary/aromatic N) is 2. The smallest absolute Gasteiger partial charge is 0.191 e. The van der Waals surface area contributed by atoms with Gasteiger partial charge in [0, 0.05) is 46.5 Å². The summed E-state index contributed by atoms with van der Waals surface area (Å²) < 4.78 is 10.7. The second kappa shape index (κ2) is 19.2. The summed E-state index contributed by atoms with van der Waals surface area (Å²) in [6.07, 6.45) is 2.17. The molecule has 7 heteroatoms. The summed E-state index contributed by atoms with van der Waals surface area (Å²) in [6.45, 7) is 13.3. The van der Waals surface area contributed by atoms with E-state index in [0.29, 0.717) is 12.5 Å². The normalized spacial score (nSPS) is 11.7. The number of ether oxygens (including phenoxy) is 2. The second-order valence-corrected chi connectivity index (χ2v) is 6.13. The van der Waals surface area contributed by atoms with Gasteiger partial charge in [0.05, 0.1) is 13.2 Å². The summed E-state index contributed by atoms with van der Waals surface area (Å²) in [5, 5.41) is 6.57. The van der Waals surface area contributed by atoms with Crippen LogP contribution in [0.1, 0.15) is 33.6 Å². The van der Waals surface area contributed by atoms with Crippen molar-refractivity contribution in [1.29, 1.82) is 0 Å². The lowest BCUT2D eigenvalue weighted by atomic mass is 10.1. The molecule has 0 aromatic carbocycles. The van der Waals surface area contributed by atoms with Gasteiger partial charge in [-0.2, -0.15) is 0 Å². The van der Waals surface area contributed by atoms with Gasteiger partial charge in [-0.15, -0.1) is 24.0 Å². The molecule has 0 aliphatic heterocycles. The maximum absolute atomic E-state index is 5.61. The van der Waals surface area contributed by atoms with Crippen LogP contribution in [0, 0.1) is 5.92 Å². The van der Waals surface area contributed by atoms with Crippen molar-refractivity contribution in [3.8, 4) is 0 Å². The molecule has 0 saturated heterocycles. The van der Waals surface area contributed by atoms with E-state index in [0.717, 1.165) is 64.7 Å². The molecule has 0 atom stereocenters. The van der Waals surface area contributed by atoms with E-state index in [9.17, 15) is 0 Å². The summed E-state index contributed by atoms with van der Waals surface area (Å²) >= 11 is 0. The van der Waals surface area contributed by atoms with E-state index in [1.807, 2.05) is 0 Å². The molecule has 0 aliphatic rings. The van der Waals surface area contributed by atoms with E-state index in [1.165, 1.54) is 0 Å². The molecule has 0 radical (unpaired) electrons. The molecule has 0 amide bonds. The molecule has 0 aromatic rings. The number of methoxy groups -OCH3 is 1. The third-order valence-electron chi connectivity index (χ3n) is 3.36. The third kappa shape index (κ3) is 18.2. The number of hydrogen-bond acceptors (Lipinski definition) is 4. The molecule has 6 nitrogen and oxygen atoms in total. The van der Waals surface area contributed by atoms with Crippen LogP contribution < -0.4 is 10.6 Å². The molecule has 146 valence electrons. The molecule has 0 aromatic heterocycles. The lowest BCUT2D eigenvalue weighted by Gasteiger charge is -2.16. The lowest BCUT2D eigenvalue weighted by Crippen LogP contribution is -2.39. The van der Waals surface area contributed by atoms with Crippen LogP contribution in [0.25, 0.3) is 0 Å². The predicted molar refractivity (Wildman–Crippen MR) is 114 cm³/mol. The van der Waals surface area contributed by atoms with Crippen LogP contribution in [0.2, 0.25) is 0 Å². The van der Waals surface area contributed by atoms with E-state index in [2.05, 4.69) is 48.3 Å². The Hall–Kier alpha value is -0.120. The molecule has 2 N–H and O–H groups in total. The Kier molecular flexibility index (Phi) is 20.9. The van der Waals surface area contributed by atoms with Crippen molar-refractivity contribution < 1.29 is 9.47 Å². The van der Waals surface area contributed by atoms with Crippen molar-refractivity contribution in [1.82, 2.24) is 15.5 Å². The van der Waals surface area contributed by atoms with Gasteiger partial charge in [0.2, 0.25) is 0 Å². The monoisotopic (exact) mass is 458 g/mol. The van der Waals surface area contributed by atoms with Gasteiger partial charge < -0.3 is 25.0 Å². The Bertz CT molecular complexity index is 292. The lowest BCUT2D eigenvalue weighted by molar-refractivity contribution is 0.128. The highest BCUT2D eigenvalue weighted by molar-refractivity contribution is 14.0. The average Bonchev–Trinajstić information content (AvgIpc) is 2.50. The van der Waals surface area contributed by atoms with Gasteiger partial charge in [-0.25, -0.2) is 0 Å². The van der Waals surface area contributed by atoms with Crippen molar-refractivity contribution in [3.63, 3.8) is 0 Å². The van der Waals surface area contributed by atoms with Crippen LogP contribution in [0.5, 0.6) is 0 Å². The maximum atomic E-state index is 5.61. The van der Waals surface area contributed by atoms with E-state index in [1.54, 1.807) is 7.11 Å². The maximum Gasteiger partial charge on any atom is 0.191 e. The minimum absolute atomic E-state index is 0. The largest absolute Gasteiger partial charge is 0.385 e. The van der Waals surface area contributed by atoms with Crippen LogP contribution in [-0.4, -0.2) is 77.6 Å². The predicted octanol–water partition coefficient (Wildman–Crippen LogP) is 2.19. The van der Waals surface area contributed by atoms with Gasteiger partial charge in [0.25, 0.3) is 0 Å². The molecule has 0 bridgehead atoms. The van der Waals surface area contributed by atoms with Gasteiger partial charge in [-0.05, 0) is 32.7 Å². The van der Waals surface area contributed by atoms with Crippen LogP contribution in [0.3, 0.4) is 0 Å². The Balaban J connectivity index is 0. The first kappa shape index (κ1) is 26.1. The van der Waals surface area contributed by atoms with E-state index >= 15 is 0 Å². The van der Waals surface area contributed by atoms with Crippen molar-refractivity contribution in [2.24, 2.45) is 10.9 Å². The van der Waals surface area contributed by atoms with E-state index < -0.39 is 0 Å². The number of likely N-dealkylation sites (N-methyl/N-ethyl adjacent to an activating group) is 1. The summed E-state index contributed by atoms with van der Waals surface area (Å²) in [5.74, 6) is 1.56. The molecule has 0 saturated carbocycles. The number of rotatable bonds is 14. The number of hydrogen-bond donors (Lipinski definition) is 2. The summed E-state index contributed by atoms with van der Waals surface area (Å²) in [6, 6.07) is 0. The molecule has 0 rings (SSSR count). The van der Waals surface area contributed by atoms with Crippen molar-refractivity contribution in [2.45, 2.75) is 33.6 Å². The Labute approximate surface area is 166 Å². The van der Waals surface area contributed by atoms with Gasteiger partial charge >= 0.3 is 0 Å². The van der Waals surface area contributed by atoms with Crippen LogP contribution >= 0.6 is 24.0 Å². The molecule has 0 fully saturated rings. The number of aliphatic imine (C=N–C) groups is 1. The molecule has 24 heavy (non-hydrogen) atoms. The second-order valence-electron chi connectivity index (χ2n) is 6.13. The standard InChI is InChI=1S/C17H38N4O2.HI/c1-6-18-17(20-10-15-23-14-8-16(2)3)19-9-12-21(4)11-7-13-22-5;/h16H,6-15H2,1-5H3,(H2,18,19,20);1H. The third-order valence-corrected chi connectivity index (χ3v) is 3.36. The van der Waals surface area contributed by atoms with Gasteiger partial charge in [-0.1, -0.05) is 13.8 Å². The molecule has 0 aliphatic carbocycles. The Morgan fingerprint density at radius 2 is 1.88 bits per heavy atom. The quantitative estimate of drug-likeness (QED) is 0.181. The fourth-order valence-corrected chi connectivity index (χ4v) is 1.93. The SMILES string of the molecule is CCNC(=NCCN(C)CCCOC)NCCOCCC(C)C.I. The first-order chi connectivity index (χ1) is 11.1. The van der Waals surface area contributed by atoms with E-state index in [-0.39, 0.29) is 24.0 Å². The zero-order valence-electron chi connectivity index (χ0n) is 16.3. The van der Waals surface area contributed by atoms with Gasteiger partial charge in [0.1, 0.15) is 0 Å².